The van der Waals surface area contributed by atoms with E-state index in [1.54, 1.807) is 0 Å². The Morgan fingerprint density at radius 2 is 2.46 bits per heavy atom. The second kappa shape index (κ2) is 5.09. The second-order valence-electron chi connectivity index (χ2n) is 2.99. The molecule has 1 unspecified atom stereocenters. The Bertz CT molecular complexity index is 275. The molecule has 67 valence electrons. The first-order chi connectivity index (χ1) is 5.90. The van der Waals surface area contributed by atoms with Gasteiger partial charge in [-0.05, 0) is 6.42 Å². The predicted octanol–water partition coefficient (Wildman–Crippen LogP) is 1.17. The van der Waals surface area contributed by atoms with Crippen LogP contribution in [0, 0.1) is 6.07 Å². The summed E-state index contributed by atoms with van der Waals surface area (Å²) in [5.41, 5.74) is 1.20. The standard InChI is InChI=1S/C10H11O2.Y/c11-7-9-6-5-8-3-1-2-4-10(8)12-9;/h2-4,9,11H,5-7H2;/q-1;. The molecule has 1 aliphatic rings. The largest absolute Gasteiger partial charge is 0.513 e. The van der Waals surface area contributed by atoms with Crippen molar-refractivity contribution in [2.75, 3.05) is 6.61 Å². The van der Waals surface area contributed by atoms with Crippen molar-refractivity contribution >= 4 is 0 Å². The summed E-state index contributed by atoms with van der Waals surface area (Å²) in [6.07, 6.45) is 1.87. The summed E-state index contributed by atoms with van der Waals surface area (Å²) >= 11 is 0. The van der Waals surface area contributed by atoms with Crippen molar-refractivity contribution < 1.29 is 42.6 Å². The Morgan fingerprint density at radius 1 is 1.62 bits per heavy atom. The quantitative estimate of drug-likeness (QED) is 0.760. The summed E-state index contributed by atoms with van der Waals surface area (Å²) < 4.78 is 5.51. The van der Waals surface area contributed by atoms with Crippen LogP contribution in [0.4, 0.5) is 0 Å². The summed E-state index contributed by atoms with van der Waals surface area (Å²) in [4.78, 5) is 0. The van der Waals surface area contributed by atoms with Gasteiger partial charge in [-0.25, -0.2) is 0 Å². The summed E-state index contributed by atoms with van der Waals surface area (Å²) in [6, 6.07) is 8.69. The molecule has 0 aromatic heterocycles. The number of aliphatic hydroxyl groups excluding tert-OH is 1. The molecule has 1 aromatic carbocycles. The third kappa shape index (κ3) is 2.52. The van der Waals surface area contributed by atoms with E-state index in [9.17, 15) is 0 Å². The fourth-order valence-electron chi connectivity index (χ4n) is 1.44. The molecule has 0 spiro atoms. The Hall–Kier alpha value is 0.0839. The monoisotopic (exact) mass is 252 g/mol. The fraction of sp³-hybridized carbons (Fsp3) is 0.400. The Labute approximate surface area is 103 Å². The number of benzene rings is 1. The van der Waals surface area contributed by atoms with Gasteiger partial charge in [-0.1, -0.05) is 6.42 Å². The number of aryl methyl sites for hydroxylation is 1. The summed E-state index contributed by atoms with van der Waals surface area (Å²) in [6.45, 7) is 0.109. The van der Waals surface area contributed by atoms with Crippen LogP contribution in [0.15, 0.2) is 18.2 Å². The molecule has 13 heavy (non-hydrogen) atoms. The number of ether oxygens (including phenoxy) is 1. The molecule has 1 heterocycles. The van der Waals surface area contributed by atoms with Gasteiger partial charge in [0.15, 0.2) is 0 Å². The summed E-state index contributed by atoms with van der Waals surface area (Å²) in [5, 5.41) is 8.88. The molecule has 1 aromatic rings. The smallest absolute Gasteiger partial charge is 0.118 e. The average Bonchev–Trinajstić information content (AvgIpc) is 2.17. The van der Waals surface area contributed by atoms with Crippen LogP contribution in [0.25, 0.3) is 0 Å². The Kier molecular flexibility index (Phi) is 4.37. The number of hydrogen-bond donors (Lipinski definition) is 1. The molecular weight excluding hydrogens is 241 g/mol. The number of aliphatic hydroxyl groups is 1. The van der Waals surface area contributed by atoms with Gasteiger partial charge in [0, 0.05) is 38.5 Å². The van der Waals surface area contributed by atoms with Gasteiger partial charge >= 0.3 is 0 Å². The van der Waals surface area contributed by atoms with Crippen molar-refractivity contribution in [3.63, 3.8) is 0 Å². The van der Waals surface area contributed by atoms with E-state index in [0.29, 0.717) is 0 Å². The Morgan fingerprint density at radius 3 is 3.23 bits per heavy atom. The predicted molar refractivity (Wildman–Crippen MR) is 45.1 cm³/mol. The van der Waals surface area contributed by atoms with E-state index in [-0.39, 0.29) is 45.4 Å². The normalized spacial score (nSPS) is 19.6. The van der Waals surface area contributed by atoms with Crippen molar-refractivity contribution in [3.05, 3.63) is 29.8 Å². The molecule has 2 rings (SSSR count). The van der Waals surface area contributed by atoms with Gasteiger partial charge in [-0.2, -0.15) is 18.2 Å². The van der Waals surface area contributed by atoms with E-state index in [4.69, 9.17) is 9.84 Å². The molecular formula is C10H11O2Y-. The SMILES string of the molecule is OCC1CCc2c[c-]ccc2O1.[Y]. The van der Waals surface area contributed by atoms with Gasteiger partial charge in [0.25, 0.3) is 0 Å². The second-order valence-corrected chi connectivity index (χ2v) is 2.99. The van der Waals surface area contributed by atoms with Gasteiger partial charge in [0.05, 0.1) is 6.61 Å². The van der Waals surface area contributed by atoms with Crippen LogP contribution in [0.3, 0.4) is 0 Å². The fourth-order valence-corrected chi connectivity index (χ4v) is 1.44. The molecule has 1 N–H and O–H groups in total. The van der Waals surface area contributed by atoms with Crippen molar-refractivity contribution in [1.82, 2.24) is 0 Å². The van der Waals surface area contributed by atoms with E-state index < -0.39 is 0 Å². The molecule has 0 bridgehead atoms. The zero-order chi connectivity index (χ0) is 8.39. The maximum Gasteiger partial charge on any atom is 0.118 e. The van der Waals surface area contributed by atoms with E-state index >= 15 is 0 Å². The minimum absolute atomic E-state index is 0. The first kappa shape index (κ1) is 11.2. The molecule has 1 radical (unpaired) electrons. The summed E-state index contributed by atoms with van der Waals surface area (Å²) in [5.74, 6) is 0.902. The molecule has 0 aliphatic carbocycles. The van der Waals surface area contributed by atoms with Crippen molar-refractivity contribution in [2.45, 2.75) is 18.9 Å². The first-order valence-electron chi connectivity index (χ1n) is 4.16. The maximum absolute atomic E-state index is 8.88. The van der Waals surface area contributed by atoms with Crippen LogP contribution < -0.4 is 4.74 Å². The average molecular weight is 252 g/mol. The van der Waals surface area contributed by atoms with Gasteiger partial charge in [-0.15, -0.1) is 11.6 Å². The summed E-state index contributed by atoms with van der Waals surface area (Å²) in [7, 11) is 0. The Balaban J connectivity index is 0.000000845. The minimum atomic E-state index is -0.0140. The molecule has 1 aliphatic heterocycles. The van der Waals surface area contributed by atoms with Crippen LogP contribution in [-0.4, -0.2) is 17.8 Å². The number of rotatable bonds is 1. The first-order valence-corrected chi connectivity index (χ1v) is 4.16. The van der Waals surface area contributed by atoms with E-state index in [2.05, 4.69) is 6.07 Å². The van der Waals surface area contributed by atoms with Gasteiger partial charge < -0.3 is 9.84 Å². The van der Waals surface area contributed by atoms with Crippen LogP contribution in [-0.2, 0) is 39.1 Å². The van der Waals surface area contributed by atoms with Crippen molar-refractivity contribution in [2.24, 2.45) is 0 Å². The zero-order valence-electron chi connectivity index (χ0n) is 7.36. The molecule has 1 atom stereocenters. The topological polar surface area (TPSA) is 29.5 Å². The van der Waals surface area contributed by atoms with Gasteiger partial charge in [-0.3, -0.25) is 0 Å². The molecule has 2 nitrogen and oxygen atoms in total. The molecule has 0 fully saturated rings. The van der Waals surface area contributed by atoms with Crippen LogP contribution in [0.2, 0.25) is 0 Å². The minimum Gasteiger partial charge on any atom is -0.513 e. The van der Waals surface area contributed by atoms with Crippen LogP contribution in [0.5, 0.6) is 5.75 Å². The zero-order valence-corrected chi connectivity index (χ0v) is 10.2. The van der Waals surface area contributed by atoms with Crippen LogP contribution in [0.1, 0.15) is 12.0 Å². The number of hydrogen-bond acceptors (Lipinski definition) is 2. The third-order valence-electron chi connectivity index (χ3n) is 2.14. The molecule has 0 saturated heterocycles. The van der Waals surface area contributed by atoms with Crippen molar-refractivity contribution in [3.8, 4) is 5.75 Å². The molecule has 3 heteroatoms. The van der Waals surface area contributed by atoms with Gasteiger partial charge in [0.1, 0.15) is 6.10 Å². The molecule has 0 amide bonds. The van der Waals surface area contributed by atoms with E-state index in [1.807, 2.05) is 18.2 Å². The third-order valence-corrected chi connectivity index (χ3v) is 2.14. The molecule has 0 saturated carbocycles. The van der Waals surface area contributed by atoms with Crippen LogP contribution >= 0.6 is 0 Å². The van der Waals surface area contributed by atoms with E-state index in [1.165, 1.54) is 5.56 Å². The van der Waals surface area contributed by atoms with Crippen molar-refractivity contribution in [1.29, 1.82) is 0 Å². The maximum atomic E-state index is 8.88. The van der Waals surface area contributed by atoms with E-state index in [0.717, 1.165) is 18.6 Å². The van der Waals surface area contributed by atoms with Gasteiger partial charge in [0.2, 0.25) is 0 Å². The number of fused-ring (bicyclic) bond motifs is 1.